The van der Waals surface area contributed by atoms with Crippen LogP contribution in [0.3, 0.4) is 0 Å². The van der Waals surface area contributed by atoms with Gasteiger partial charge in [0.05, 0.1) is 27.8 Å². The van der Waals surface area contributed by atoms with Crippen LogP contribution in [0.15, 0.2) is 273 Å². The first kappa shape index (κ1) is 46.4. The van der Waals surface area contributed by atoms with Crippen molar-refractivity contribution in [1.29, 1.82) is 0 Å². The summed E-state index contributed by atoms with van der Waals surface area (Å²) in [6.45, 7) is 4.77. The third-order valence-electron chi connectivity index (χ3n) is 17.0. The molecule has 2 aromatic heterocycles. The van der Waals surface area contributed by atoms with E-state index >= 15 is 0 Å². The molecular formula is C75H51BrN4. The van der Waals surface area contributed by atoms with Crippen LogP contribution in [0.4, 0.5) is 34.1 Å². The largest absolute Gasteiger partial charge is 0.310 e. The van der Waals surface area contributed by atoms with E-state index in [2.05, 4.69) is 322 Å². The first-order valence-electron chi connectivity index (χ1n) is 27.5. The number of hydrogen-bond acceptors (Lipinski definition) is 2. The first-order chi connectivity index (χ1) is 39.4. The predicted molar refractivity (Wildman–Crippen MR) is 341 cm³/mol. The number of anilines is 6. The Labute approximate surface area is 473 Å². The van der Waals surface area contributed by atoms with Crippen LogP contribution in [0.25, 0.3) is 86.9 Å². The molecule has 0 radical (unpaired) electrons. The van der Waals surface area contributed by atoms with Crippen molar-refractivity contribution in [2.75, 3.05) is 9.80 Å². The summed E-state index contributed by atoms with van der Waals surface area (Å²) in [4.78, 5) is 4.89. The lowest BCUT2D eigenvalue weighted by molar-refractivity contribution is 0.661. The number of nitrogens with zero attached hydrogens (tertiary/aromatic N) is 4. The van der Waals surface area contributed by atoms with Gasteiger partial charge in [0.2, 0.25) is 0 Å². The Morgan fingerprint density at radius 3 is 1.57 bits per heavy atom. The molecule has 0 fully saturated rings. The van der Waals surface area contributed by atoms with Gasteiger partial charge in [0.25, 0.3) is 0 Å². The van der Waals surface area contributed by atoms with E-state index in [9.17, 15) is 0 Å². The van der Waals surface area contributed by atoms with Crippen LogP contribution >= 0.6 is 15.9 Å². The second kappa shape index (κ2) is 17.9. The van der Waals surface area contributed by atoms with Crippen LogP contribution in [-0.4, -0.2) is 9.13 Å². The molecule has 80 heavy (non-hydrogen) atoms. The summed E-state index contributed by atoms with van der Waals surface area (Å²) in [5.74, 6) is 0. The highest BCUT2D eigenvalue weighted by atomic mass is 79.9. The fourth-order valence-corrected chi connectivity index (χ4v) is 14.2. The Bertz CT molecular complexity index is 4860. The summed E-state index contributed by atoms with van der Waals surface area (Å²) >= 11 is 4.34. The Kier molecular flexibility index (Phi) is 10.4. The average Bonchev–Trinajstić information content (AvgIpc) is 4.25. The minimum Gasteiger partial charge on any atom is -0.310 e. The highest BCUT2D eigenvalue weighted by Gasteiger charge is 2.37. The lowest BCUT2D eigenvalue weighted by Crippen LogP contribution is -2.16. The summed E-state index contributed by atoms with van der Waals surface area (Å²) in [7, 11) is 0. The fraction of sp³-hybridized carbons (Fsp3) is 0.0400. The summed E-state index contributed by atoms with van der Waals surface area (Å²) in [6.07, 6.45) is 0. The second-order valence-corrected chi connectivity index (χ2v) is 22.6. The topological polar surface area (TPSA) is 16.3 Å². The molecule has 0 amide bonds. The van der Waals surface area contributed by atoms with Crippen LogP contribution in [0, 0.1) is 0 Å². The predicted octanol–water partition coefficient (Wildman–Crippen LogP) is 20.9. The van der Waals surface area contributed by atoms with Gasteiger partial charge in [-0.05, 0) is 164 Å². The van der Waals surface area contributed by atoms with Crippen LogP contribution in [0.5, 0.6) is 0 Å². The molecule has 3 heterocycles. The monoisotopic (exact) mass is 1090 g/mol. The molecule has 14 aromatic rings. The third kappa shape index (κ3) is 7.00. The zero-order valence-corrected chi connectivity index (χ0v) is 45.7. The van der Waals surface area contributed by atoms with E-state index < -0.39 is 0 Å². The molecule has 0 unspecified atom stereocenters. The van der Waals surface area contributed by atoms with Crippen molar-refractivity contribution in [1.82, 2.24) is 9.13 Å². The number of aromatic nitrogens is 2. The van der Waals surface area contributed by atoms with Crippen molar-refractivity contribution in [3.8, 4) is 22.5 Å². The van der Waals surface area contributed by atoms with Crippen molar-refractivity contribution in [3.05, 3.63) is 301 Å². The normalized spacial score (nSPS) is 13.2. The second-order valence-electron chi connectivity index (χ2n) is 21.8. The van der Waals surface area contributed by atoms with Gasteiger partial charge in [0.15, 0.2) is 0 Å². The number of benzene rings is 12. The summed E-state index contributed by atoms with van der Waals surface area (Å²) in [5.41, 5.74) is 23.0. The van der Waals surface area contributed by atoms with Gasteiger partial charge >= 0.3 is 0 Å². The number of para-hydroxylation sites is 5. The van der Waals surface area contributed by atoms with E-state index in [1.54, 1.807) is 0 Å². The van der Waals surface area contributed by atoms with Crippen LogP contribution in [-0.2, 0) is 5.41 Å². The zero-order chi connectivity index (χ0) is 53.2. The molecule has 378 valence electrons. The molecule has 0 spiro atoms. The Morgan fingerprint density at radius 2 is 0.863 bits per heavy atom. The van der Waals surface area contributed by atoms with Crippen molar-refractivity contribution < 1.29 is 0 Å². The summed E-state index contributed by atoms with van der Waals surface area (Å²) in [6, 6.07) is 101. The number of hydrogen-bond donors (Lipinski definition) is 0. The lowest BCUT2D eigenvalue weighted by atomic mass is 9.81. The zero-order valence-electron chi connectivity index (χ0n) is 44.1. The van der Waals surface area contributed by atoms with Crippen molar-refractivity contribution in [3.63, 3.8) is 0 Å². The molecule has 0 saturated carbocycles. The molecule has 0 saturated heterocycles. The lowest BCUT2D eigenvalue weighted by Gasteiger charge is -2.28. The molecule has 0 N–H and O–H groups in total. The molecule has 2 aliphatic rings. The smallest absolute Gasteiger partial charge is 0.0621 e. The maximum Gasteiger partial charge on any atom is 0.0621 e. The van der Waals surface area contributed by atoms with Crippen LogP contribution in [0.2, 0.25) is 0 Å². The fourth-order valence-electron chi connectivity index (χ4n) is 13.4. The Balaban J connectivity index is 0.955. The quantitative estimate of drug-likeness (QED) is 0.151. The molecule has 16 rings (SSSR count). The number of fused-ring (bicyclic) bond motifs is 12. The standard InChI is InChI=1S/C75H51BrN4/c1-75(2)66-42-50-24-16-15-23-49(50)41-63(66)58-38-35-54(45-67(58)75)77(51-25-9-4-10-26-51)55-37-40-61-64-43-57(44-65-72(48-21-7-3-8-22-48)73(76)62-32-18-20-34-69(62)80(74(64)65)71(61)47-55)78(52-27-11-5-12-28-52)56-36-39-60-59-31-17-19-33-68(59)79(70(60)46-56)53-29-13-6-14-30-53/h3-47H,1-2H3. The van der Waals surface area contributed by atoms with Crippen molar-refractivity contribution in [2.24, 2.45) is 0 Å². The van der Waals surface area contributed by atoms with Crippen molar-refractivity contribution in [2.45, 2.75) is 19.3 Å². The Hall–Kier alpha value is -9.68. The summed E-state index contributed by atoms with van der Waals surface area (Å²) in [5, 5.41) is 7.32. The van der Waals surface area contributed by atoms with E-state index in [0.29, 0.717) is 0 Å². The maximum atomic E-state index is 4.34. The molecule has 4 nitrogen and oxygen atoms in total. The van der Waals surface area contributed by atoms with Crippen LogP contribution in [0.1, 0.15) is 41.7 Å². The minimum atomic E-state index is -0.201. The van der Waals surface area contributed by atoms with Gasteiger partial charge in [0, 0.05) is 88.0 Å². The van der Waals surface area contributed by atoms with E-state index in [1.807, 2.05) is 0 Å². The average molecular weight is 1090 g/mol. The first-order valence-corrected chi connectivity index (χ1v) is 28.3. The van der Waals surface area contributed by atoms with Gasteiger partial charge in [-0.25, -0.2) is 0 Å². The van der Waals surface area contributed by atoms with E-state index in [0.717, 1.165) is 88.8 Å². The molecule has 0 bridgehead atoms. The highest BCUT2D eigenvalue weighted by molar-refractivity contribution is 9.15. The van der Waals surface area contributed by atoms with Crippen LogP contribution < -0.4 is 9.80 Å². The van der Waals surface area contributed by atoms with E-state index in [-0.39, 0.29) is 5.41 Å². The van der Waals surface area contributed by atoms with Gasteiger partial charge < -0.3 is 18.9 Å². The van der Waals surface area contributed by atoms with Crippen molar-refractivity contribution >= 4 is 114 Å². The number of halogens is 1. The number of rotatable bonds is 8. The molecule has 1 aliphatic carbocycles. The van der Waals surface area contributed by atoms with E-state index in [4.69, 9.17) is 0 Å². The third-order valence-corrected chi connectivity index (χ3v) is 17.8. The highest BCUT2D eigenvalue weighted by Crippen LogP contribution is 2.54. The van der Waals surface area contributed by atoms with Gasteiger partial charge in [-0.2, -0.15) is 0 Å². The molecule has 12 aromatic carbocycles. The molecule has 1 aliphatic heterocycles. The summed E-state index contributed by atoms with van der Waals surface area (Å²) < 4.78 is 5.99. The van der Waals surface area contributed by atoms with Gasteiger partial charge in [-0.3, -0.25) is 0 Å². The molecule has 0 atom stereocenters. The van der Waals surface area contributed by atoms with Gasteiger partial charge in [0.1, 0.15) is 0 Å². The Morgan fingerprint density at radius 1 is 0.338 bits per heavy atom. The SMILES string of the molecule is CC1(C)c2cc(N(c3ccccc3)c3ccc4c5cc(N(c6ccccc6)c6ccc7c8ccccc8n(-c8ccccc8)c7c6)cc6c5n(c4c3)-c3ccccc3C(Br)=C6c3ccccc3)ccc2-c2cc3ccccc3cc21. The molecular weight excluding hydrogens is 1040 g/mol. The van der Waals surface area contributed by atoms with Gasteiger partial charge in [-0.1, -0.05) is 178 Å². The maximum absolute atomic E-state index is 4.34. The minimum absolute atomic E-state index is 0.201. The molecule has 5 heteroatoms. The van der Waals surface area contributed by atoms with Gasteiger partial charge in [-0.15, -0.1) is 0 Å². The van der Waals surface area contributed by atoms with E-state index in [1.165, 1.54) is 60.1 Å².